The second-order valence-electron chi connectivity index (χ2n) is 6.27. The quantitative estimate of drug-likeness (QED) is 0.787. The van der Waals surface area contributed by atoms with Crippen LogP contribution >= 0.6 is 11.6 Å². The smallest absolute Gasteiger partial charge is 0.328 e. The van der Waals surface area contributed by atoms with Gasteiger partial charge in [-0.15, -0.1) is 0 Å². The van der Waals surface area contributed by atoms with Crippen molar-refractivity contribution in [2.75, 3.05) is 7.05 Å². The summed E-state index contributed by atoms with van der Waals surface area (Å²) in [7, 11) is 2.22. The summed E-state index contributed by atoms with van der Waals surface area (Å²) in [5.74, 6) is -2.51. The number of hydrogen-bond donors (Lipinski definition) is 2. The van der Waals surface area contributed by atoms with Crippen molar-refractivity contribution in [2.45, 2.75) is 18.5 Å². The summed E-state index contributed by atoms with van der Waals surface area (Å²) in [6.07, 6.45) is 2.21. The first-order valence-electron chi connectivity index (χ1n) is 8.11. The predicted molar refractivity (Wildman–Crippen MR) is 98.4 cm³/mol. The number of likely N-dealkylation sites (N-methyl/N-ethyl adjacent to an activating group) is 1. The summed E-state index contributed by atoms with van der Waals surface area (Å²) in [5.41, 5.74) is 5.78. The number of carboxylic acids is 2. The second-order valence-corrected chi connectivity index (χ2v) is 6.71. The molecule has 26 heavy (non-hydrogen) atoms. The van der Waals surface area contributed by atoms with Crippen LogP contribution < -0.4 is 0 Å². The molecule has 2 bridgehead atoms. The van der Waals surface area contributed by atoms with Crippen LogP contribution in [0.2, 0.25) is 5.02 Å². The molecule has 2 aromatic rings. The molecule has 2 aromatic carbocycles. The van der Waals surface area contributed by atoms with E-state index in [0.717, 1.165) is 11.4 Å². The van der Waals surface area contributed by atoms with Crippen molar-refractivity contribution in [3.63, 3.8) is 0 Å². The van der Waals surface area contributed by atoms with Gasteiger partial charge in [0.15, 0.2) is 0 Å². The molecule has 2 N–H and O–H groups in total. The number of hydrogen-bond acceptors (Lipinski definition) is 3. The number of carboxylic acid groups (broad SMARTS) is 2. The highest BCUT2D eigenvalue weighted by Crippen LogP contribution is 2.50. The largest absolute Gasteiger partial charge is 0.478 e. The fourth-order valence-electron chi connectivity index (χ4n) is 3.68. The zero-order chi connectivity index (χ0) is 18.8. The molecule has 2 atom stereocenters. The molecule has 6 heteroatoms. The number of benzene rings is 2. The maximum Gasteiger partial charge on any atom is 0.328 e. The van der Waals surface area contributed by atoms with E-state index in [4.69, 9.17) is 21.8 Å². The normalized spacial score (nSPS) is 20.1. The highest BCUT2D eigenvalue weighted by atomic mass is 35.5. The summed E-state index contributed by atoms with van der Waals surface area (Å²) in [5, 5.41) is 16.5. The Labute approximate surface area is 156 Å². The van der Waals surface area contributed by atoms with Gasteiger partial charge in [-0.1, -0.05) is 41.9 Å². The van der Waals surface area contributed by atoms with Gasteiger partial charge in [-0.05, 0) is 47.9 Å². The van der Waals surface area contributed by atoms with Crippen molar-refractivity contribution in [1.29, 1.82) is 0 Å². The first-order chi connectivity index (χ1) is 12.4. The highest BCUT2D eigenvalue weighted by Gasteiger charge is 2.41. The van der Waals surface area contributed by atoms with Crippen LogP contribution in [0, 0.1) is 0 Å². The molecule has 5 nitrogen and oxygen atoms in total. The molecule has 134 valence electrons. The van der Waals surface area contributed by atoms with Crippen LogP contribution in [-0.2, 0) is 16.0 Å². The van der Waals surface area contributed by atoms with Crippen LogP contribution in [0.15, 0.2) is 54.6 Å². The van der Waals surface area contributed by atoms with Gasteiger partial charge in [0.1, 0.15) is 0 Å². The maximum absolute atomic E-state index is 9.55. The van der Waals surface area contributed by atoms with Crippen LogP contribution in [0.4, 0.5) is 0 Å². The molecular weight excluding hydrogens is 354 g/mol. The average molecular weight is 372 g/mol. The summed E-state index contributed by atoms with van der Waals surface area (Å²) < 4.78 is 0. The van der Waals surface area contributed by atoms with Gasteiger partial charge in [0, 0.05) is 23.2 Å². The van der Waals surface area contributed by atoms with E-state index in [2.05, 4.69) is 48.3 Å². The number of fused-ring (bicyclic) bond motifs is 7. The van der Waals surface area contributed by atoms with Gasteiger partial charge in [0.2, 0.25) is 0 Å². The standard InChI is InChI=1S/C16H14ClN.C4H4O4/c1-18-15-8-10-4-2-3-5-12(10)16(18)13-7-6-11(17)9-14(13)15;5-3(6)1-2-4(7)8/h2-7,9,15-16H,8H2,1H3;1-2H,(H,5,6)(H,7,8)/b;2-1+. The number of nitrogens with zero attached hydrogens (tertiary/aromatic N) is 1. The molecule has 4 rings (SSSR count). The van der Waals surface area contributed by atoms with Crippen LogP contribution in [0.25, 0.3) is 0 Å². The van der Waals surface area contributed by atoms with Crippen LogP contribution in [0.5, 0.6) is 0 Å². The fourth-order valence-corrected chi connectivity index (χ4v) is 3.86. The average Bonchev–Trinajstić information content (AvgIpc) is 2.77. The van der Waals surface area contributed by atoms with Crippen molar-refractivity contribution in [3.05, 3.63) is 81.9 Å². The van der Waals surface area contributed by atoms with E-state index in [1.54, 1.807) is 0 Å². The number of halogens is 1. The van der Waals surface area contributed by atoms with Crippen LogP contribution in [0.1, 0.15) is 34.3 Å². The molecule has 0 fully saturated rings. The Morgan fingerprint density at radius 3 is 2.35 bits per heavy atom. The first-order valence-corrected chi connectivity index (χ1v) is 8.49. The summed E-state index contributed by atoms with van der Waals surface area (Å²) in [6.45, 7) is 0. The molecule has 2 aliphatic rings. The monoisotopic (exact) mass is 371 g/mol. The van der Waals surface area contributed by atoms with Crippen LogP contribution in [-0.4, -0.2) is 34.1 Å². The van der Waals surface area contributed by atoms with Crippen molar-refractivity contribution in [2.24, 2.45) is 0 Å². The Morgan fingerprint density at radius 1 is 1.04 bits per heavy atom. The summed E-state index contributed by atoms with van der Waals surface area (Å²) in [4.78, 5) is 21.6. The SMILES string of the molecule is CN1C2Cc3ccccc3C1c1ccc(Cl)cc12.O=C(O)/C=C/C(=O)O. The molecule has 0 aromatic heterocycles. The Balaban J connectivity index is 0.000000211. The van der Waals surface area contributed by atoms with E-state index in [1.165, 1.54) is 22.3 Å². The van der Waals surface area contributed by atoms with E-state index in [0.29, 0.717) is 24.2 Å². The minimum Gasteiger partial charge on any atom is -0.478 e. The molecule has 0 amide bonds. The van der Waals surface area contributed by atoms with Crippen LogP contribution in [0.3, 0.4) is 0 Å². The number of carbonyl (C=O) groups is 2. The lowest BCUT2D eigenvalue weighted by molar-refractivity contribution is -0.134. The third-order valence-electron chi connectivity index (χ3n) is 4.73. The fraction of sp³-hybridized carbons (Fsp3) is 0.200. The minimum absolute atomic E-state index is 0.409. The van der Waals surface area contributed by atoms with Gasteiger partial charge < -0.3 is 10.2 Å². The molecule has 0 saturated carbocycles. The molecule has 2 heterocycles. The van der Waals surface area contributed by atoms with Gasteiger partial charge in [-0.25, -0.2) is 9.59 Å². The van der Waals surface area contributed by atoms with Crippen molar-refractivity contribution >= 4 is 23.5 Å². The van der Waals surface area contributed by atoms with Gasteiger partial charge in [-0.3, -0.25) is 4.90 Å². The van der Waals surface area contributed by atoms with Crippen molar-refractivity contribution in [3.8, 4) is 0 Å². The molecule has 0 saturated heterocycles. The third-order valence-corrected chi connectivity index (χ3v) is 4.97. The lowest BCUT2D eigenvalue weighted by Gasteiger charge is -2.33. The van der Waals surface area contributed by atoms with Gasteiger partial charge >= 0.3 is 11.9 Å². The molecule has 0 radical (unpaired) electrons. The van der Waals surface area contributed by atoms with E-state index < -0.39 is 11.9 Å². The Kier molecular flexibility index (Phi) is 5.11. The summed E-state index contributed by atoms with van der Waals surface area (Å²) in [6, 6.07) is 16.0. The summed E-state index contributed by atoms with van der Waals surface area (Å²) >= 11 is 6.15. The highest BCUT2D eigenvalue weighted by molar-refractivity contribution is 6.30. The Bertz CT molecular complexity index is 877. The lowest BCUT2D eigenvalue weighted by Crippen LogP contribution is -2.29. The Hall–Kier alpha value is -2.63. The minimum atomic E-state index is -1.26. The molecular formula is C20H18ClNO4. The predicted octanol–water partition coefficient (Wildman–Crippen LogP) is 3.68. The van der Waals surface area contributed by atoms with Crippen molar-refractivity contribution in [1.82, 2.24) is 4.90 Å². The molecule has 2 aliphatic heterocycles. The zero-order valence-corrected chi connectivity index (χ0v) is 14.8. The molecule has 2 unspecified atom stereocenters. The van der Waals surface area contributed by atoms with Gasteiger partial charge in [0.05, 0.1) is 6.04 Å². The topological polar surface area (TPSA) is 77.8 Å². The van der Waals surface area contributed by atoms with Gasteiger partial charge in [0.25, 0.3) is 0 Å². The van der Waals surface area contributed by atoms with Gasteiger partial charge in [-0.2, -0.15) is 0 Å². The zero-order valence-electron chi connectivity index (χ0n) is 14.1. The van der Waals surface area contributed by atoms with E-state index >= 15 is 0 Å². The first kappa shape index (κ1) is 18.2. The van der Waals surface area contributed by atoms with E-state index in [-0.39, 0.29) is 0 Å². The molecule has 0 aliphatic carbocycles. The molecule has 0 spiro atoms. The Morgan fingerprint density at radius 2 is 1.69 bits per heavy atom. The second kappa shape index (κ2) is 7.32. The van der Waals surface area contributed by atoms with E-state index in [1.807, 2.05) is 6.07 Å². The van der Waals surface area contributed by atoms with E-state index in [9.17, 15) is 9.59 Å². The lowest BCUT2D eigenvalue weighted by atomic mass is 9.92. The number of aliphatic carboxylic acids is 2. The number of rotatable bonds is 2. The van der Waals surface area contributed by atoms with Crippen molar-refractivity contribution < 1.29 is 19.8 Å². The third kappa shape index (κ3) is 3.49. The maximum atomic E-state index is 9.55.